The second kappa shape index (κ2) is 9.68. The molecule has 8 heteroatoms. The number of hydrogen-bond donors (Lipinski definition) is 1. The predicted octanol–water partition coefficient (Wildman–Crippen LogP) is 3.13. The maximum absolute atomic E-state index is 12.9. The number of halogens is 1. The molecule has 1 N–H and O–H groups in total. The van der Waals surface area contributed by atoms with Gasteiger partial charge in [0.2, 0.25) is 0 Å². The normalized spacial score (nSPS) is 12.6. The number of carbonyl (C=O) groups is 3. The van der Waals surface area contributed by atoms with E-state index < -0.39 is 24.3 Å². The summed E-state index contributed by atoms with van der Waals surface area (Å²) in [5, 5.41) is 2.61. The van der Waals surface area contributed by atoms with E-state index >= 15 is 0 Å². The molecule has 2 aromatic carbocycles. The van der Waals surface area contributed by atoms with Crippen molar-refractivity contribution in [1.82, 2.24) is 0 Å². The molecule has 29 heavy (non-hydrogen) atoms. The number of fused-ring (bicyclic) bond motifs is 1. The lowest BCUT2D eigenvalue weighted by molar-refractivity contribution is -0.147. The van der Waals surface area contributed by atoms with E-state index in [1.165, 1.54) is 24.3 Å². The maximum Gasteiger partial charge on any atom is 0.306 e. The molecular formula is C21H20FNO6. The first-order chi connectivity index (χ1) is 14.0. The number of rotatable bonds is 7. The number of esters is 1. The number of carbonyl (C=O) groups excluding carboxylic acids is 3. The Kier molecular flexibility index (Phi) is 6.78. The molecule has 0 atom stereocenters. The summed E-state index contributed by atoms with van der Waals surface area (Å²) in [6, 6.07) is 10.1. The van der Waals surface area contributed by atoms with Gasteiger partial charge in [0.1, 0.15) is 5.82 Å². The highest BCUT2D eigenvalue weighted by Gasteiger charge is 2.14. The second-order valence-corrected chi connectivity index (χ2v) is 6.35. The average Bonchev–Trinajstić information content (AvgIpc) is 2.96. The van der Waals surface area contributed by atoms with Gasteiger partial charge in [-0.3, -0.25) is 14.4 Å². The van der Waals surface area contributed by atoms with Crippen LogP contribution in [0, 0.1) is 5.82 Å². The Morgan fingerprint density at radius 3 is 2.45 bits per heavy atom. The van der Waals surface area contributed by atoms with Crippen LogP contribution in [0.4, 0.5) is 10.1 Å². The summed E-state index contributed by atoms with van der Waals surface area (Å²) in [6.07, 6.45) is 0.512. The lowest BCUT2D eigenvalue weighted by Gasteiger charge is -2.10. The molecule has 2 aromatic rings. The number of Topliss-reactive ketones (excluding diaryl/α,β-unsaturated/α-hetero) is 1. The van der Waals surface area contributed by atoms with Crippen molar-refractivity contribution in [2.24, 2.45) is 0 Å². The van der Waals surface area contributed by atoms with E-state index in [1.807, 2.05) is 0 Å². The summed E-state index contributed by atoms with van der Waals surface area (Å²) >= 11 is 0. The number of anilines is 1. The fraction of sp³-hybridized carbons (Fsp3) is 0.286. The van der Waals surface area contributed by atoms with E-state index in [9.17, 15) is 18.8 Å². The van der Waals surface area contributed by atoms with Gasteiger partial charge in [0, 0.05) is 30.2 Å². The van der Waals surface area contributed by atoms with Gasteiger partial charge in [-0.15, -0.1) is 0 Å². The van der Waals surface area contributed by atoms with Gasteiger partial charge < -0.3 is 19.5 Å². The van der Waals surface area contributed by atoms with Crippen molar-refractivity contribution >= 4 is 23.3 Å². The summed E-state index contributed by atoms with van der Waals surface area (Å²) in [5.74, 6) is -0.791. The summed E-state index contributed by atoms with van der Waals surface area (Å²) in [7, 11) is 0. The van der Waals surface area contributed by atoms with Crippen molar-refractivity contribution in [3.8, 4) is 11.5 Å². The van der Waals surface area contributed by atoms with Gasteiger partial charge >= 0.3 is 5.97 Å². The standard InChI is InChI=1S/C21H20FNO6/c22-15-4-2-14(3-5-15)17(24)7-9-21(26)29-13-20(25)23-16-6-8-18-19(12-16)28-11-1-10-27-18/h2-6,8,12H,1,7,9-11,13H2,(H,23,25). The molecular weight excluding hydrogens is 381 g/mol. The van der Waals surface area contributed by atoms with E-state index in [0.717, 1.165) is 6.42 Å². The minimum Gasteiger partial charge on any atom is -0.490 e. The fourth-order valence-corrected chi connectivity index (χ4v) is 2.65. The van der Waals surface area contributed by atoms with Gasteiger partial charge in [0.25, 0.3) is 5.91 Å². The van der Waals surface area contributed by atoms with Gasteiger partial charge in [0.15, 0.2) is 23.9 Å². The Balaban J connectivity index is 1.42. The third-order valence-electron chi connectivity index (χ3n) is 4.12. The van der Waals surface area contributed by atoms with Crippen LogP contribution in [0.2, 0.25) is 0 Å². The van der Waals surface area contributed by atoms with Crippen molar-refractivity contribution in [3.05, 3.63) is 53.8 Å². The van der Waals surface area contributed by atoms with Crippen LogP contribution in [0.3, 0.4) is 0 Å². The van der Waals surface area contributed by atoms with Crippen LogP contribution < -0.4 is 14.8 Å². The first-order valence-electron chi connectivity index (χ1n) is 9.15. The minimum absolute atomic E-state index is 0.0890. The highest BCUT2D eigenvalue weighted by Crippen LogP contribution is 2.32. The molecule has 1 aliphatic heterocycles. The van der Waals surface area contributed by atoms with Gasteiger partial charge in [0.05, 0.1) is 19.6 Å². The fourth-order valence-electron chi connectivity index (χ4n) is 2.65. The quantitative estimate of drug-likeness (QED) is 0.566. The third kappa shape index (κ3) is 6.03. The summed E-state index contributed by atoms with van der Waals surface area (Å²) in [6.45, 7) is 0.620. The van der Waals surface area contributed by atoms with E-state index in [4.69, 9.17) is 14.2 Å². The molecule has 1 heterocycles. The Morgan fingerprint density at radius 1 is 0.966 bits per heavy atom. The Hall–Kier alpha value is -3.42. The zero-order valence-corrected chi connectivity index (χ0v) is 15.6. The lowest BCUT2D eigenvalue weighted by Crippen LogP contribution is -2.21. The van der Waals surface area contributed by atoms with Gasteiger partial charge in [-0.2, -0.15) is 0 Å². The van der Waals surface area contributed by atoms with Crippen molar-refractivity contribution in [1.29, 1.82) is 0 Å². The first-order valence-corrected chi connectivity index (χ1v) is 9.15. The first kappa shape index (κ1) is 20.3. The van der Waals surface area contributed by atoms with Gasteiger partial charge in [-0.1, -0.05) is 0 Å². The number of ketones is 1. The highest BCUT2D eigenvalue weighted by atomic mass is 19.1. The SMILES string of the molecule is O=C(COC(=O)CCC(=O)c1ccc(F)cc1)Nc1ccc2c(c1)OCCCO2. The van der Waals surface area contributed by atoms with E-state index in [1.54, 1.807) is 18.2 Å². The largest absolute Gasteiger partial charge is 0.490 e. The molecule has 1 aliphatic rings. The molecule has 152 valence electrons. The van der Waals surface area contributed by atoms with Crippen LogP contribution in [-0.2, 0) is 14.3 Å². The molecule has 3 rings (SSSR count). The summed E-state index contributed by atoms with van der Waals surface area (Å²) in [5.41, 5.74) is 0.799. The zero-order chi connectivity index (χ0) is 20.6. The third-order valence-corrected chi connectivity index (χ3v) is 4.12. The Bertz CT molecular complexity index is 897. The molecule has 0 unspecified atom stereocenters. The highest BCUT2D eigenvalue weighted by molar-refractivity contribution is 5.98. The topological polar surface area (TPSA) is 90.9 Å². The molecule has 0 fully saturated rings. The number of ether oxygens (including phenoxy) is 3. The summed E-state index contributed by atoms with van der Waals surface area (Å²) < 4.78 is 28.8. The van der Waals surface area contributed by atoms with Crippen molar-refractivity contribution in [2.45, 2.75) is 19.3 Å². The Labute approximate surface area is 166 Å². The van der Waals surface area contributed by atoms with Crippen LogP contribution in [-0.4, -0.2) is 37.5 Å². The molecule has 0 bridgehead atoms. The second-order valence-electron chi connectivity index (χ2n) is 6.35. The van der Waals surface area contributed by atoms with Crippen LogP contribution in [0.15, 0.2) is 42.5 Å². The Morgan fingerprint density at radius 2 is 1.69 bits per heavy atom. The molecule has 0 aliphatic carbocycles. The van der Waals surface area contributed by atoms with Crippen LogP contribution in [0.25, 0.3) is 0 Å². The zero-order valence-electron chi connectivity index (χ0n) is 15.6. The van der Waals surface area contributed by atoms with Crippen LogP contribution >= 0.6 is 0 Å². The smallest absolute Gasteiger partial charge is 0.306 e. The molecule has 0 radical (unpaired) electrons. The molecule has 0 spiro atoms. The molecule has 0 aromatic heterocycles. The van der Waals surface area contributed by atoms with Crippen LogP contribution in [0.5, 0.6) is 11.5 Å². The van der Waals surface area contributed by atoms with Gasteiger partial charge in [-0.25, -0.2) is 4.39 Å². The number of nitrogens with one attached hydrogen (secondary N) is 1. The predicted molar refractivity (Wildman–Crippen MR) is 102 cm³/mol. The van der Waals surface area contributed by atoms with E-state index in [0.29, 0.717) is 36.0 Å². The number of benzene rings is 2. The lowest BCUT2D eigenvalue weighted by atomic mass is 10.1. The summed E-state index contributed by atoms with van der Waals surface area (Å²) in [4.78, 5) is 35.7. The van der Waals surface area contributed by atoms with Gasteiger partial charge in [-0.05, 0) is 36.4 Å². The minimum atomic E-state index is -0.672. The van der Waals surface area contributed by atoms with Crippen molar-refractivity contribution in [2.75, 3.05) is 25.1 Å². The number of amides is 1. The number of hydrogen-bond acceptors (Lipinski definition) is 6. The van der Waals surface area contributed by atoms with Crippen molar-refractivity contribution in [3.63, 3.8) is 0 Å². The average molecular weight is 401 g/mol. The maximum atomic E-state index is 12.9. The molecule has 0 saturated carbocycles. The van der Waals surface area contributed by atoms with E-state index in [2.05, 4.69) is 5.32 Å². The molecule has 0 saturated heterocycles. The van der Waals surface area contributed by atoms with Crippen molar-refractivity contribution < 1.29 is 33.0 Å². The van der Waals surface area contributed by atoms with Crippen LogP contribution in [0.1, 0.15) is 29.6 Å². The molecule has 7 nitrogen and oxygen atoms in total. The van der Waals surface area contributed by atoms with E-state index in [-0.39, 0.29) is 18.6 Å². The molecule has 1 amide bonds. The monoisotopic (exact) mass is 401 g/mol.